The van der Waals surface area contributed by atoms with Crippen LogP contribution in [-0.2, 0) is 16.0 Å². The lowest BCUT2D eigenvalue weighted by Crippen LogP contribution is -2.35. The van der Waals surface area contributed by atoms with E-state index in [-0.39, 0.29) is 5.97 Å². The third-order valence-corrected chi connectivity index (χ3v) is 5.94. The molecule has 0 bridgehead atoms. The minimum atomic E-state index is -0.334. The number of nitrogens with zero attached hydrogens (tertiary/aromatic N) is 3. The van der Waals surface area contributed by atoms with E-state index in [9.17, 15) is 4.79 Å². The van der Waals surface area contributed by atoms with Gasteiger partial charge in [0.2, 0.25) is 0 Å². The molecule has 1 aliphatic rings. The van der Waals surface area contributed by atoms with Gasteiger partial charge in [-0.05, 0) is 48.4 Å². The summed E-state index contributed by atoms with van der Waals surface area (Å²) in [6.45, 7) is 6.45. The van der Waals surface area contributed by atoms with Crippen molar-refractivity contribution in [2.75, 3.05) is 32.9 Å². The van der Waals surface area contributed by atoms with Crippen LogP contribution >= 0.6 is 0 Å². The topological polar surface area (TPSA) is 56.6 Å². The molecule has 1 aromatic heterocycles. The van der Waals surface area contributed by atoms with Gasteiger partial charge in [-0.1, -0.05) is 36.4 Å². The van der Waals surface area contributed by atoms with Gasteiger partial charge >= 0.3 is 5.97 Å². The Morgan fingerprint density at radius 3 is 2.64 bits per heavy atom. The van der Waals surface area contributed by atoms with E-state index in [4.69, 9.17) is 9.47 Å². The molecule has 4 aromatic rings. The first kappa shape index (κ1) is 21.4. The van der Waals surface area contributed by atoms with E-state index in [2.05, 4.69) is 50.8 Å². The number of imidazole rings is 1. The predicted molar refractivity (Wildman–Crippen MR) is 129 cm³/mol. The Labute approximate surface area is 193 Å². The summed E-state index contributed by atoms with van der Waals surface area (Å²) in [6.07, 6.45) is 1.82. The van der Waals surface area contributed by atoms with E-state index in [1.807, 2.05) is 43.6 Å². The maximum atomic E-state index is 12.6. The Morgan fingerprint density at radius 2 is 1.85 bits per heavy atom. The summed E-state index contributed by atoms with van der Waals surface area (Å²) in [6, 6.07) is 22.4. The van der Waals surface area contributed by atoms with Crippen LogP contribution in [-0.4, -0.2) is 53.3 Å². The standard InChI is InChI=1S/C27H27N3O3/c1-2-33-27(31)22-16-24(21-8-6-7-20(15-21)18-29-11-13-32-14-12-29)26-25(17-22)28-19-30(26)23-9-4-3-5-10-23/h3-10,15-17,19H,2,11-14,18H2,1H3. The van der Waals surface area contributed by atoms with Crippen LogP contribution in [0.2, 0.25) is 0 Å². The van der Waals surface area contributed by atoms with Crippen LogP contribution < -0.4 is 0 Å². The molecule has 0 saturated carbocycles. The fraction of sp³-hybridized carbons (Fsp3) is 0.259. The zero-order valence-corrected chi connectivity index (χ0v) is 18.7. The molecule has 0 radical (unpaired) electrons. The molecular weight excluding hydrogens is 414 g/mol. The predicted octanol–water partition coefficient (Wildman–Crippen LogP) is 4.70. The SMILES string of the molecule is CCOC(=O)c1cc(-c2cccc(CN3CCOCC3)c2)c2c(c1)ncn2-c1ccccc1. The second-order valence-electron chi connectivity index (χ2n) is 8.15. The van der Waals surface area contributed by atoms with E-state index in [0.717, 1.165) is 60.7 Å². The largest absolute Gasteiger partial charge is 0.462 e. The minimum Gasteiger partial charge on any atom is -0.462 e. The fourth-order valence-corrected chi connectivity index (χ4v) is 4.34. The van der Waals surface area contributed by atoms with Crippen molar-refractivity contribution in [2.45, 2.75) is 13.5 Å². The van der Waals surface area contributed by atoms with Crippen LogP contribution in [0.15, 0.2) is 73.1 Å². The average Bonchev–Trinajstić information content (AvgIpc) is 3.29. The molecule has 0 aliphatic carbocycles. The van der Waals surface area contributed by atoms with Crippen molar-refractivity contribution in [1.29, 1.82) is 0 Å². The molecule has 1 aliphatic heterocycles. The first-order chi connectivity index (χ1) is 16.2. The molecule has 0 unspecified atom stereocenters. The Kier molecular flexibility index (Phi) is 6.19. The number of benzene rings is 3. The van der Waals surface area contributed by atoms with Crippen molar-refractivity contribution in [3.63, 3.8) is 0 Å². The highest BCUT2D eigenvalue weighted by atomic mass is 16.5. The zero-order chi connectivity index (χ0) is 22.6. The first-order valence-corrected chi connectivity index (χ1v) is 11.4. The summed E-state index contributed by atoms with van der Waals surface area (Å²) < 4.78 is 12.9. The molecule has 168 valence electrons. The van der Waals surface area contributed by atoms with Gasteiger partial charge in [-0.25, -0.2) is 9.78 Å². The summed E-state index contributed by atoms with van der Waals surface area (Å²) in [4.78, 5) is 19.6. The number of hydrogen-bond donors (Lipinski definition) is 0. The van der Waals surface area contributed by atoms with Crippen molar-refractivity contribution >= 4 is 17.0 Å². The van der Waals surface area contributed by atoms with Gasteiger partial charge in [0.05, 0.1) is 36.4 Å². The van der Waals surface area contributed by atoms with Gasteiger partial charge in [-0.15, -0.1) is 0 Å². The van der Waals surface area contributed by atoms with Gasteiger partial charge in [0, 0.05) is 30.9 Å². The van der Waals surface area contributed by atoms with E-state index < -0.39 is 0 Å². The molecule has 33 heavy (non-hydrogen) atoms. The number of carbonyl (C=O) groups is 1. The fourth-order valence-electron chi connectivity index (χ4n) is 4.34. The molecule has 0 spiro atoms. The lowest BCUT2D eigenvalue weighted by molar-refractivity contribution is 0.0342. The second-order valence-corrected chi connectivity index (χ2v) is 8.15. The number of rotatable bonds is 6. The van der Waals surface area contributed by atoms with Crippen molar-refractivity contribution in [1.82, 2.24) is 14.5 Å². The number of esters is 1. The quantitative estimate of drug-likeness (QED) is 0.406. The molecule has 0 amide bonds. The summed E-state index contributed by atoms with van der Waals surface area (Å²) in [7, 11) is 0. The average molecular weight is 442 g/mol. The Bertz CT molecular complexity index is 1260. The van der Waals surface area contributed by atoms with Crippen LogP contribution in [0.4, 0.5) is 0 Å². The number of para-hydroxylation sites is 1. The molecule has 1 saturated heterocycles. The normalized spacial score (nSPS) is 14.5. The van der Waals surface area contributed by atoms with Crippen molar-refractivity contribution < 1.29 is 14.3 Å². The van der Waals surface area contributed by atoms with Gasteiger partial charge < -0.3 is 9.47 Å². The van der Waals surface area contributed by atoms with Gasteiger partial charge in [0.25, 0.3) is 0 Å². The molecular formula is C27H27N3O3. The molecule has 2 heterocycles. The number of fused-ring (bicyclic) bond motifs is 1. The number of aromatic nitrogens is 2. The van der Waals surface area contributed by atoms with E-state index in [0.29, 0.717) is 12.2 Å². The van der Waals surface area contributed by atoms with E-state index in [1.165, 1.54) is 5.56 Å². The number of carbonyl (C=O) groups excluding carboxylic acids is 1. The van der Waals surface area contributed by atoms with Crippen LogP contribution in [0.3, 0.4) is 0 Å². The highest BCUT2D eigenvalue weighted by Gasteiger charge is 2.18. The van der Waals surface area contributed by atoms with Crippen LogP contribution in [0, 0.1) is 0 Å². The van der Waals surface area contributed by atoms with Gasteiger partial charge in [-0.2, -0.15) is 0 Å². The van der Waals surface area contributed by atoms with Crippen LogP contribution in [0.5, 0.6) is 0 Å². The van der Waals surface area contributed by atoms with Gasteiger partial charge in [0.15, 0.2) is 0 Å². The molecule has 6 nitrogen and oxygen atoms in total. The van der Waals surface area contributed by atoms with E-state index >= 15 is 0 Å². The van der Waals surface area contributed by atoms with E-state index in [1.54, 1.807) is 0 Å². The third kappa shape index (κ3) is 4.53. The Hall–Kier alpha value is -3.48. The molecule has 0 N–H and O–H groups in total. The maximum absolute atomic E-state index is 12.6. The molecule has 5 rings (SSSR count). The highest BCUT2D eigenvalue weighted by molar-refractivity contribution is 6.01. The molecule has 3 aromatic carbocycles. The number of hydrogen-bond acceptors (Lipinski definition) is 5. The third-order valence-electron chi connectivity index (χ3n) is 5.94. The summed E-state index contributed by atoms with van der Waals surface area (Å²) in [5.74, 6) is -0.334. The maximum Gasteiger partial charge on any atom is 0.338 e. The summed E-state index contributed by atoms with van der Waals surface area (Å²) in [5, 5.41) is 0. The van der Waals surface area contributed by atoms with Crippen molar-refractivity contribution in [3.05, 3.63) is 84.2 Å². The lowest BCUT2D eigenvalue weighted by Gasteiger charge is -2.26. The Morgan fingerprint density at radius 1 is 1.03 bits per heavy atom. The van der Waals surface area contributed by atoms with Gasteiger partial charge in [-0.3, -0.25) is 9.47 Å². The highest BCUT2D eigenvalue weighted by Crippen LogP contribution is 2.32. The molecule has 1 fully saturated rings. The number of ether oxygens (including phenoxy) is 2. The van der Waals surface area contributed by atoms with Gasteiger partial charge in [0.1, 0.15) is 6.33 Å². The van der Waals surface area contributed by atoms with Crippen molar-refractivity contribution in [2.24, 2.45) is 0 Å². The zero-order valence-electron chi connectivity index (χ0n) is 18.7. The van der Waals surface area contributed by atoms with Crippen LogP contribution in [0.1, 0.15) is 22.8 Å². The number of morpholine rings is 1. The summed E-state index contributed by atoms with van der Waals surface area (Å²) in [5.41, 5.74) is 6.51. The molecule has 0 atom stereocenters. The smallest absolute Gasteiger partial charge is 0.338 e. The first-order valence-electron chi connectivity index (χ1n) is 11.4. The minimum absolute atomic E-state index is 0.333. The monoisotopic (exact) mass is 441 g/mol. The molecule has 6 heteroatoms. The van der Waals surface area contributed by atoms with Crippen molar-refractivity contribution in [3.8, 4) is 16.8 Å². The lowest BCUT2D eigenvalue weighted by atomic mass is 9.98. The summed E-state index contributed by atoms with van der Waals surface area (Å²) >= 11 is 0. The second kappa shape index (κ2) is 9.57. The Balaban J connectivity index is 1.63. The van der Waals surface area contributed by atoms with Crippen LogP contribution in [0.25, 0.3) is 27.8 Å².